The minimum absolute atomic E-state index is 0.0502. The van der Waals surface area contributed by atoms with E-state index < -0.39 is 18.1 Å². The number of carbonyl (C=O) groups is 1. The monoisotopic (exact) mass is 360 g/mol. The number of benzene rings is 1. The third-order valence-corrected chi connectivity index (χ3v) is 2.61. The first-order valence-corrected chi connectivity index (χ1v) is 5.63. The van der Waals surface area contributed by atoms with Crippen molar-refractivity contribution in [3.8, 4) is 5.75 Å². The summed E-state index contributed by atoms with van der Waals surface area (Å²) in [6, 6.07) is 3.50. The molecule has 1 aromatic carbocycles. The van der Waals surface area contributed by atoms with Crippen molar-refractivity contribution in [1.82, 2.24) is 0 Å². The summed E-state index contributed by atoms with van der Waals surface area (Å²) >= 11 is 1.83. The zero-order valence-corrected chi connectivity index (χ0v) is 10.8. The normalized spacial score (nSPS) is 11.1. The number of esters is 1. The van der Waals surface area contributed by atoms with Crippen molar-refractivity contribution in [2.45, 2.75) is 13.3 Å². The molecule has 3 nitrogen and oxygen atoms in total. The van der Waals surface area contributed by atoms with E-state index in [4.69, 9.17) is 4.74 Å². The molecule has 0 unspecified atom stereocenters. The molecule has 0 aliphatic rings. The zero-order valence-electron chi connectivity index (χ0n) is 8.68. The molecule has 7 heteroatoms. The number of ether oxygens (including phenoxy) is 2. The molecule has 1 aromatic rings. The SMILES string of the molecule is CCOC(=O)c1cc(OC(F)(F)F)ccc1I. The van der Waals surface area contributed by atoms with Crippen LogP contribution in [-0.4, -0.2) is 18.9 Å². The Morgan fingerprint density at radius 2 is 2.06 bits per heavy atom. The molecule has 0 aliphatic heterocycles. The summed E-state index contributed by atoms with van der Waals surface area (Å²) in [4.78, 5) is 11.4. The molecule has 0 spiro atoms. The van der Waals surface area contributed by atoms with Crippen LogP contribution in [0.4, 0.5) is 13.2 Å². The van der Waals surface area contributed by atoms with Crippen molar-refractivity contribution >= 4 is 28.6 Å². The highest BCUT2D eigenvalue weighted by molar-refractivity contribution is 14.1. The van der Waals surface area contributed by atoms with Crippen molar-refractivity contribution in [2.75, 3.05) is 6.61 Å². The lowest BCUT2D eigenvalue weighted by molar-refractivity contribution is -0.274. The van der Waals surface area contributed by atoms with E-state index in [0.717, 1.165) is 12.1 Å². The first-order chi connectivity index (χ1) is 7.83. The van der Waals surface area contributed by atoms with E-state index >= 15 is 0 Å². The third-order valence-electron chi connectivity index (χ3n) is 1.67. The van der Waals surface area contributed by atoms with Crippen LogP contribution in [0.25, 0.3) is 0 Å². The summed E-state index contributed by atoms with van der Waals surface area (Å²) in [6.45, 7) is 1.76. The van der Waals surface area contributed by atoms with Crippen molar-refractivity contribution in [1.29, 1.82) is 0 Å². The molecule has 94 valence electrons. The fraction of sp³-hybridized carbons (Fsp3) is 0.300. The highest BCUT2D eigenvalue weighted by Crippen LogP contribution is 2.26. The highest BCUT2D eigenvalue weighted by Gasteiger charge is 2.31. The average molecular weight is 360 g/mol. The number of halogens is 4. The van der Waals surface area contributed by atoms with Gasteiger partial charge < -0.3 is 9.47 Å². The quantitative estimate of drug-likeness (QED) is 0.613. The van der Waals surface area contributed by atoms with Gasteiger partial charge in [0.15, 0.2) is 0 Å². The van der Waals surface area contributed by atoms with E-state index in [1.165, 1.54) is 6.07 Å². The molecule has 1 rings (SSSR count). The summed E-state index contributed by atoms with van der Waals surface area (Å²) in [7, 11) is 0. The molecule has 0 aromatic heterocycles. The standard InChI is InChI=1S/C10H8F3IO3/c1-2-16-9(15)7-5-6(3-4-8(7)14)17-10(11,12)13/h3-5H,2H2,1H3. The molecule has 0 fully saturated rings. The van der Waals surface area contributed by atoms with Crippen molar-refractivity contribution in [3.63, 3.8) is 0 Å². The van der Waals surface area contributed by atoms with Gasteiger partial charge in [-0.25, -0.2) is 4.79 Å². The predicted molar refractivity (Wildman–Crippen MR) is 61.8 cm³/mol. The van der Waals surface area contributed by atoms with Gasteiger partial charge in [0, 0.05) is 3.57 Å². The van der Waals surface area contributed by atoms with Crippen LogP contribution in [0.3, 0.4) is 0 Å². The second-order valence-corrected chi connectivity index (χ2v) is 4.07. The van der Waals surface area contributed by atoms with Gasteiger partial charge in [0.1, 0.15) is 5.75 Å². The first-order valence-electron chi connectivity index (χ1n) is 4.56. The van der Waals surface area contributed by atoms with Gasteiger partial charge in [-0.05, 0) is 47.7 Å². The average Bonchev–Trinajstić information content (AvgIpc) is 2.19. The Hall–Kier alpha value is -0.990. The lowest BCUT2D eigenvalue weighted by Crippen LogP contribution is -2.17. The minimum Gasteiger partial charge on any atom is -0.462 e. The van der Waals surface area contributed by atoms with Crippen LogP contribution < -0.4 is 4.74 Å². The summed E-state index contributed by atoms with van der Waals surface area (Å²) < 4.78 is 44.9. The van der Waals surface area contributed by atoms with Gasteiger partial charge in [0.2, 0.25) is 0 Å². The number of hydrogen-bond acceptors (Lipinski definition) is 3. The molecule has 0 saturated heterocycles. The largest absolute Gasteiger partial charge is 0.573 e. The fourth-order valence-electron chi connectivity index (χ4n) is 1.07. The predicted octanol–water partition coefficient (Wildman–Crippen LogP) is 3.37. The number of alkyl halides is 3. The highest BCUT2D eigenvalue weighted by atomic mass is 127. The molecule has 0 radical (unpaired) electrons. The Morgan fingerprint density at radius 3 is 2.59 bits per heavy atom. The lowest BCUT2D eigenvalue weighted by Gasteiger charge is -2.10. The maximum Gasteiger partial charge on any atom is 0.573 e. The Labute approximate surface area is 109 Å². The van der Waals surface area contributed by atoms with Gasteiger partial charge in [0.25, 0.3) is 0 Å². The second-order valence-electron chi connectivity index (χ2n) is 2.91. The van der Waals surface area contributed by atoms with Crippen LogP contribution in [0.2, 0.25) is 0 Å². The Kier molecular flexibility index (Phi) is 4.61. The number of rotatable bonds is 3. The van der Waals surface area contributed by atoms with E-state index in [-0.39, 0.29) is 12.2 Å². The smallest absolute Gasteiger partial charge is 0.462 e. The van der Waals surface area contributed by atoms with Gasteiger partial charge in [0.05, 0.1) is 12.2 Å². The van der Waals surface area contributed by atoms with Crippen molar-refractivity contribution < 1.29 is 27.4 Å². The van der Waals surface area contributed by atoms with Crippen LogP contribution in [0.15, 0.2) is 18.2 Å². The maximum atomic E-state index is 12.0. The molecule has 0 amide bonds. The van der Waals surface area contributed by atoms with Gasteiger partial charge in [-0.2, -0.15) is 0 Å². The van der Waals surface area contributed by atoms with Crippen LogP contribution >= 0.6 is 22.6 Å². The van der Waals surface area contributed by atoms with Crippen LogP contribution in [0, 0.1) is 3.57 Å². The second kappa shape index (κ2) is 5.56. The van der Waals surface area contributed by atoms with Gasteiger partial charge in [-0.1, -0.05) is 0 Å². The topological polar surface area (TPSA) is 35.5 Å². The Balaban J connectivity index is 2.98. The van der Waals surface area contributed by atoms with E-state index in [2.05, 4.69) is 4.74 Å². The Bertz CT molecular complexity index is 418. The molecular formula is C10H8F3IO3. The first kappa shape index (κ1) is 14.1. The molecule has 0 heterocycles. The van der Waals surface area contributed by atoms with E-state index in [9.17, 15) is 18.0 Å². The summed E-state index contributed by atoms with van der Waals surface area (Å²) in [5.74, 6) is -1.12. The van der Waals surface area contributed by atoms with E-state index in [1.807, 2.05) is 22.6 Å². The Morgan fingerprint density at radius 1 is 1.41 bits per heavy atom. The number of carbonyl (C=O) groups excluding carboxylic acids is 1. The zero-order chi connectivity index (χ0) is 13.1. The van der Waals surface area contributed by atoms with Crippen LogP contribution in [-0.2, 0) is 4.74 Å². The molecular weight excluding hydrogens is 352 g/mol. The summed E-state index contributed by atoms with van der Waals surface area (Å²) in [5, 5.41) is 0. The summed E-state index contributed by atoms with van der Waals surface area (Å²) in [5.41, 5.74) is 0.0502. The number of hydrogen-bond donors (Lipinski definition) is 0. The van der Waals surface area contributed by atoms with Gasteiger partial charge in [-0.15, -0.1) is 13.2 Å². The van der Waals surface area contributed by atoms with Gasteiger partial charge in [-0.3, -0.25) is 0 Å². The minimum atomic E-state index is -4.78. The third kappa shape index (κ3) is 4.41. The molecule has 0 atom stereocenters. The summed E-state index contributed by atoms with van der Waals surface area (Å²) in [6.07, 6.45) is -4.78. The molecule has 0 bridgehead atoms. The van der Waals surface area contributed by atoms with Crippen LogP contribution in [0.1, 0.15) is 17.3 Å². The molecule has 17 heavy (non-hydrogen) atoms. The van der Waals surface area contributed by atoms with Gasteiger partial charge >= 0.3 is 12.3 Å². The molecule has 0 saturated carbocycles. The maximum absolute atomic E-state index is 12.0. The van der Waals surface area contributed by atoms with E-state index in [0.29, 0.717) is 3.57 Å². The fourth-order valence-corrected chi connectivity index (χ4v) is 1.62. The van der Waals surface area contributed by atoms with E-state index in [1.54, 1.807) is 6.92 Å². The lowest BCUT2D eigenvalue weighted by atomic mass is 10.2. The molecule has 0 aliphatic carbocycles. The molecule has 0 N–H and O–H groups in total. The van der Waals surface area contributed by atoms with Crippen molar-refractivity contribution in [2.24, 2.45) is 0 Å². The van der Waals surface area contributed by atoms with Crippen LogP contribution in [0.5, 0.6) is 5.75 Å². The van der Waals surface area contributed by atoms with Crippen molar-refractivity contribution in [3.05, 3.63) is 27.3 Å².